The van der Waals surface area contributed by atoms with Crippen LogP contribution in [0.15, 0.2) is 0 Å². The van der Waals surface area contributed by atoms with E-state index in [0.29, 0.717) is 0 Å². The standard InChI is InChI=1S/C10H14INO2/c1-3-10(4-6-12-7-5-10)14-9(13)8(2)11/h1,8,12H,4-7H2,2H3/p+1. The molecule has 0 saturated carbocycles. The van der Waals surface area contributed by atoms with E-state index in [1.165, 1.54) is 0 Å². The molecule has 0 aromatic rings. The molecule has 1 rings (SSSR count). The smallest absolute Gasteiger partial charge is 0.320 e. The van der Waals surface area contributed by atoms with Gasteiger partial charge < -0.3 is 10.1 Å². The molecule has 1 atom stereocenters. The Hall–Kier alpha value is -0.280. The second kappa shape index (κ2) is 4.99. The minimum absolute atomic E-state index is 0.135. The van der Waals surface area contributed by atoms with Crippen LogP contribution in [0.25, 0.3) is 0 Å². The zero-order valence-electron chi connectivity index (χ0n) is 8.25. The number of hydrogen-bond acceptors (Lipinski definition) is 2. The number of rotatable bonds is 2. The number of carbonyl (C=O) groups excluding carboxylic acids is 1. The maximum absolute atomic E-state index is 11.4. The van der Waals surface area contributed by atoms with Gasteiger partial charge >= 0.3 is 5.97 Å². The molecule has 0 aliphatic carbocycles. The molecule has 1 aliphatic heterocycles. The van der Waals surface area contributed by atoms with Crippen molar-refractivity contribution in [3.05, 3.63) is 0 Å². The van der Waals surface area contributed by atoms with E-state index in [1.807, 2.05) is 29.5 Å². The van der Waals surface area contributed by atoms with Crippen molar-refractivity contribution >= 4 is 28.6 Å². The van der Waals surface area contributed by atoms with Gasteiger partial charge in [-0.2, -0.15) is 0 Å². The Balaban J connectivity index is 2.62. The third-order valence-corrected chi connectivity index (χ3v) is 2.90. The van der Waals surface area contributed by atoms with Crippen molar-refractivity contribution in [2.45, 2.75) is 29.3 Å². The Morgan fingerprint density at radius 2 is 2.21 bits per heavy atom. The third kappa shape index (κ3) is 2.85. The monoisotopic (exact) mass is 308 g/mol. The van der Waals surface area contributed by atoms with E-state index in [2.05, 4.69) is 11.2 Å². The normalized spacial score (nSPS) is 22.1. The number of halogens is 1. The maximum atomic E-state index is 11.4. The fourth-order valence-corrected chi connectivity index (χ4v) is 1.62. The summed E-state index contributed by atoms with van der Waals surface area (Å²) in [6.07, 6.45) is 6.97. The van der Waals surface area contributed by atoms with Crippen molar-refractivity contribution in [3.63, 3.8) is 0 Å². The van der Waals surface area contributed by atoms with Crippen molar-refractivity contribution in [1.29, 1.82) is 0 Å². The molecular formula is C10H15INO2+. The van der Waals surface area contributed by atoms with Gasteiger partial charge in [-0.3, -0.25) is 4.79 Å². The first-order valence-corrected chi connectivity index (χ1v) is 6.00. The Bertz CT molecular complexity index is 251. The van der Waals surface area contributed by atoms with E-state index in [4.69, 9.17) is 11.2 Å². The SMILES string of the molecule is C#CC1(OC(=O)C(C)I)CC[NH2+]CC1. The molecule has 1 saturated heterocycles. The molecule has 0 spiro atoms. The number of quaternary nitrogens is 1. The number of hydrogen-bond donors (Lipinski definition) is 1. The van der Waals surface area contributed by atoms with Gasteiger partial charge in [0.25, 0.3) is 0 Å². The highest BCUT2D eigenvalue weighted by molar-refractivity contribution is 14.1. The predicted octanol–water partition coefficient (Wildman–Crippen LogP) is 0.0823. The fraction of sp³-hybridized carbons (Fsp3) is 0.700. The molecule has 0 radical (unpaired) electrons. The van der Waals surface area contributed by atoms with Crippen molar-refractivity contribution in [1.82, 2.24) is 0 Å². The average molecular weight is 308 g/mol. The summed E-state index contributed by atoms with van der Waals surface area (Å²) < 4.78 is 5.25. The molecular weight excluding hydrogens is 293 g/mol. The summed E-state index contributed by atoms with van der Waals surface area (Å²) in [5.41, 5.74) is -0.634. The summed E-state index contributed by atoms with van der Waals surface area (Å²) in [6.45, 7) is 3.68. The van der Waals surface area contributed by atoms with E-state index >= 15 is 0 Å². The van der Waals surface area contributed by atoms with Crippen LogP contribution in [0, 0.1) is 12.3 Å². The van der Waals surface area contributed by atoms with E-state index in [1.54, 1.807) is 0 Å². The number of nitrogens with two attached hydrogens (primary N) is 1. The molecule has 3 nitrogen and oxygen atoms in total. The first-order chi connectivity index (χ1) is 6.59. The Labute approximate surface area is 98.1 Å². The Morgan fingerprint density at radius 3 is 2.64 bits per heavy atom. The van der Waals surface area contributed by atoms with Crippen LogP contribution in [0.1, 0.15) is 19.8 Å². The number of terminal acetylenes is 1. The molecule has 2 N–H and O–H groups in total. The summed E-state index contributed by atoms with van der Waals surface area (Å²) in [4.78, 5) is 11.4. The van der Waals surface area contributed by atoms with Gasteiger partial charge in [0.2, 0.25) is 0 Å². The van der Waals surface area contributed by atoms with E-state index < -0.39 is 5.60 Å². The topological polar surface area (TPSA) is 42.9 Å². The molecule has 0 aromatic heterocycles. The number of piperidine rings is 1. The first kappa shape index (κ1) is 11.8. The maximum Gasteiger partial charge on any atom is 0.320 e. The Kier molecular flexibility index (Phi) is 4.20. The van der Waals surface area contributed by atoms with Crippen LogP contribution in [0.3, 0.4) is 0 Å². The van der Waals surface area contributed by atoms with Gasteiger partial charge in [0.15, 0.2) is 5.60 Å². The molecule has 14 heavy (non-hydrogen) atoms. The lowest BCUT2D eigenvalue weighted by Crippen LogP contribution is -2.88. The van der Waals surface area contributed by atoms with Gasteiger partial charge in [0, 0.05) is 12.8 Å². The van der Waals surface area contributed by atoms with Gasteiger partial charge in [-0.15, -0.1) is 6.42 Å². The third-order valence-electron chi connectivity index (χ3n) is 2.39. The van der Waals surface area contributed by atoms with Crippen molar-refractivity contribution in [2.24, 2.45) is 0 Å². The van der Waals surface area contributed by atoms with E-state index in [9.17, 15) is 4.79 Å². The van der Waals surface area contributed by atoms with Crippen LogP contribution in [-0.2, 0) is 9.53 Å². The van der Waals surface area contributed by atoms with Crippen molar-refractivity contribution in [2.75, 3.05) is 13.1 Å². The second-order valence-corrected chi connectivity index (χ2v) is 5.41. The highest BCUT2D eigenvalue weighted by atomic mass is 127. The second-order valence-electron chi connectivity index (χ2n) is 3.54. The highest BCUT2D eigenvalue weighted by Crippen LogP contribution is 2.22. The first-order valence-electron chi connectivity index (χ1n) is 4.76. The van der Waals surface area contributed by atoms with Gasteiger partial charge in [0.05, 0.1) is 13.1 Å². The minimum Gasteiger partial charge on any atom is -0.445 e. The minimum atomic E-state index is -0.634. The van der Waals surface area contributed by atoms with Crippen molar-refractivity contribution in [3.8, 4) is 12.3 Å². The van der Waals surface area contributed by atoms with E-state index in [0.717, 1.165) is 25.9 Å². The largest absolute Gasteiger partial charge is 0.445 e. The van der Waals surface area contributed by atoms with E-state index in [-0.39, 0.29) is 9.89 Å². The summed E-state index contributed by atoms with van der Waals surface area (Å²) in [5.74, 6) is 2.43. The van der Waals surface area contributed by atoms with Gasteiger partial charge in [-0.1, -0.05) is 28.5 Å². The molecule has 4 heteroatoms. The number of carbonyl (C=O) groups is 1. The Morgan fingerprint density at radius 1 is 1.64 bits per heavy atom. The molecule has 1 unspecified atom stereocenters. The van der Waals surface area contributed by atoms with Crippen molar-refractivity contribution < 1.29 is 14.8 Å². The summed E-state index contributed by atoms with van der Waals surface area (Å²) in [7, 11) is 0. The van der Waals surface area contributed by atoms with Crippen LogP contribution in [0.4, 0.5) is 0 Å². The number of ether oxygens (including phenoxy) is 1. The lowest BCUT2D eigenvalue weighted by atomic mass is 9.93. The predicted molar refractivity (Wildman–Crippen MR) is 62.0 cm³/mol. The lowest BCUT2D eigenvalue weighted by Gasteiger charge is -2.31. The van der Waals surface area contributed by atoms with Gasteiger partial charge in [0.1, 0.15) is 3.92 Å². The molecule has 0 bridgehead atoms. The quantitative estimate of drug-likeness (QED) is 0.340. The molecule has 78 valence electrons. The zero-order valence-corrected chi connectivity index (χ0v) is 10.4. The molecule has 0 aromatic carbocycles. The van der Waals surface area contributed by atoms with Crippen LogP contribution >= 0.6 is 22.6 Å². The number of alkyl halides is 1. The molecule has 0 amide bonds. The summed E-state index contributed by atoms with van der Waals surface area (Å²) in [5, 5.41) is 2.19. The van der Waals surface area contributed by atoms with Gasteiger partial charge in [-0.25, -0.2) is 0 Å². The lowest BCUT2D eigenvalue weighted by molar-refractivity contribution is -0.666. The van der Waals surface area contributed by atoms with Crippen LogP contribution in [-0.4, -0.2) is 28.6 Å². The fourth-order valence-electron chi connectivity index (χ4n) is 1.49. The average Bonchev–Trinajstić information content (AvgIpc) is 2.19. The molecule has 1 heterocycles. The van der Waals surface area contributed by atoms with Crippen LogP contribution in [0.5, 0.6) is 0 Å². The van der Waals surface area contributed by atoms with Gasteiger partial charge in [-0.05, 0) is 6.92 Å². The summed E-state index contributed by atoms with van der Waals surface area (Å²) >= 11 is 2.04. The molecule has 1 aliphatic rings. The summed E-state index contributed by atoms with van der Waals surface area (Å²) in [6, 6.07) is 0. The number of esters is 1. The zero-order chi connectivity index (χ0) is 10.6. The van der Waals surface area contributed by atoms with Crippen LogP contribution in [0.2, 0.25) is 0 Å². The molecule has 1 fully saturated rings. The van der Waals surface area contributed by atoms with Crippen LogP contribution < -0.4 is 5.32 Å². The highest BCUT2D eigenvalue weighted by Gasteiger charge is 2.36.